The van der Waals surface area contributed by atoms with Crippen LogP contribution in [-0.4, -0.2) is 34.6 Å². The summed E-state index contributed by atoms with van der Waals surface area (Å²) < 4.78 is 0. The number of rotatable bonds is 5. The number of nitrogens with one attached hydrogen (secondary N) is 1. The zero-order chi connectivity index (χ0) is 18.7. The van der Waals surface area contributed by atoms with Crippen LogP contribution in [0.25, 0.3) is 0 Å². The number of anilines is 1. The fourth-order valence-electron chi connectivity index (χ4n) is 2.59. The number of hydrogen-bond donors (Lipinski definition) is 2. The number of carbonyl (C=O) groups is 3. The molecule has 134 valence electrons. The number of carboxylic acids is 1. The molecule has 2 N–H and O–H groups in total. The number of nitrogens with zero attached hydrogens (tertiary/aromatic N) is 2. The summed E-state index contributed by atoms with van der Waals surface area (Å²) in [5, 5.41) is 17.1. The predicted molar refractivity (Wildman–Crippen MR) is 94.5 cm³/mol. The van der Waals surface area contributed by atoms with Crippen LogP contribution in [0.5, 0.6) is 0 Å². The number of benzene rings is 1. The topological polar surface area (TPSA) is 99.1 Å². The Kier molecular flexibility index (Phi) is 5.56. The summed E-state index contributed by atoms with van der Waals surface area (Å²) >= 11 is 0. The molecule has 1 aromatic carbocycles. The number of carboxylic acid groups (broad SMARTS) is 1. The summed E-state index contributed by atoms with van der Waals surface area (Å²) in [5.41, 5.74) is 2.64. The van der Waals surface area contributed by atoms with Gasteiger partial charge in [0.1, 0.15) is 11.8 Å². The molecule has 1 unspecified atom stereocenters. The molecule has 25 heavy (non-hydrogen) atoms. The van der Waals surface area contributed by atoms with Crippen LogP contribution in [0.15, 0.2) is 23.3 Å². The molecule has 1 heterocycles. The first-order valence-electron chi connectivity index (χ1n) is 8.22. The smallest absolute Gasteiger partial charge is 0.326 e. The lowest BCUT2D eigenvalue weighted by Gasteiger charge is -2.26. The van der Waals surface area contributed by atoms with Gasteiger partial charge in [0.15, 0.2) is 0 Å². The zero-order valence-corrected chi connectivity index (χ0v) is 14.9. The van der Waals surface area contributed by atoms with Gasteiger partial charge in [-0.1, -0.05) is 26.0 Å². The molecule has 2 amide bonds. The third-order valence-corrected chi connectivity index (χ3v) is 4.11. The van der Waals surface area contributed by atoms with Crippen LogP contribution in [0.1, 0.15) is 37.8 Å². The number of hydrogen-bond acceptors (Lipinski definition) is 4. The second-order valence-corrected chi connectivity index (χ2v) is 6.58. The van der Waals surface area contributed by atoms with E-state index in [1.807, 2.05) is 32.0 Å². The van der Waals surface area contributed by atoms with Crippen LogP contribution >= 0.6 is 0 Å². The lowest BCUT2D eigenvalue weighted by Crippen LogP contribution is -2.48. The van der Waals surface area contributed by atoms with Crippen LogP contribution in [0.4, 0.5) is 5.69 Å². The fraction of sp³-hybridized carbons (Fsp3) is 0.444. The predicted octanol–water partition coefficient (Wildman–Crippen LogP) is 2.01. The van der Waals surface area contributed by atoms with Gasteiger partial charge in [0.25, 0.3) is 5.91 Å². The van der Waals surface area contributed by atoms with Crippen molar-refractivity contribution in [2.75, 3.05) is 5.01 Å². The van der Waals surface area contributed by atoms with Gasteiger partial charge in [-0.25, -0.2) is 9.80 Å². The Morgan fingerprint density at radius 3 is 2.52 bits per heavy atom. The summed E-state index contributed by atoms with van der Waals surface area (Å²) in [7, 11) is 0. The molecule has 0 spiro atoms. The highest BCUT2D eigenvalue weighted by molar-refractivity contribution is 6.40. The second-order valence-electron chi connectivity index (χ2n) is 6.58. The van der Waals surface area contributed by atoms with E-state index in [0.29, 0.717) is 5.69 Å². The average Bonchev–Trinajstić information content (AvgIpc) is 2.54. The van der Waals surface area contributed by atoms with Gasteiger partial charge in [-0.2, -0.15) is 5.10 Å². The van der Waals surface area contributed by atoms with E-state index < -0.39 is 17.9 Å². The monoisotopic (exact) mass is 345 g/mol. The van der Waals surface area contributed by atoms with E-state index in [-0.39, 0.29) is 30.4 Å². The molecule has 1 atom stereocenters. The van der Waals surface area contributed by atoms with E-state index in [0.717, 1.165) is 11.1 Å². The maximum absolute atomic E-state index is 12.4. The summed E-state index contributed by atoms with van der Waals surface area (Å²) in [5.74, 6) is -2.10. The molecule has 0 aliphatic carbocycles. The van der Waals surface area contributed by atoms with E-state index in [2.05, 4.69) is 10.4 Å². The third-order valence-electron chi connectivity index (χ3n) is 4.11. The van der Waals surface area contributed by atoms with Crippen LogP contribution in [0, 0.1) is 19.8 Å². The molecule has 7 heteroatoms. The molecular weight excluding hydrogens is 322 g/mol. The van der Waals surface area contributed by atoms with Crippen molar-refractivity contribution >= 4 is 29.2 Å². The Bertz CT molecular complexity index is 740. The van der Waals surface area contributed by atoms with Gasteiger partial charge in [0, 0.05) is 12.8 Å². The highest BCUT2D eigenvalue weighted by Gasteiger charge is 2.30. The molecule has 1 aromatic rings. The standard InChI is InChI=1S/C18H23N3O4/c1-10(2)16(18(24)25)19-17(23)13-7-8-15(22)21(20-13)14-9-11(3)5-6-12(14)4/h5-6,9-10,16H,7-8H2,1-4H3,(H,19,23)(H,24,25). The Hall–Kier alpha value is -2.70. The average molecular weight is 345 g/mol. The van der Waals surface area contributed by atoms with E-state index in [4.69, 9.17) is 0 Å². The molecule has 0 aromatic heterocycles. The van der Waals surface area contributed by atoms with Crippen molar-refractivity contribution in [1.82, 2.24) is 5.32 Å². The quantitative estimate of drug-likeness (QED) is 0.853. The van der Waals surface area contributed by atoms with Crippen molar-refractivity contribution in [2.45, 2.75) is 46.6 Å². The zero-order valence-electron chi connectivity index (χ0n) is 14.9. The first-order chi connectivity index (χ1) is 11.7. The minimum atomic E-state index is -1.10. The highest BCUT2D eigenvalue weighted by atomic mass is 16.4. The van der Waals surface area contributed by atoms with Crippen molar-refractivity contribution < 1.29 is 19.5 Å². The minimum Gasteiger partial charge on any atom is -0.480 e. The molecule has 2 rings (SSSR count). The first kappa shape index (κ1) is 18.6. The van der Waals surface area contributed by atoms with Crippen LogP contribution in [0.2, 0.25) is 0 Å². The summed E-state index contributed by atoms with van der Waals surface area (Å²) in [6.45, 7) is 7.21. The molecule has 0 saturated heterocycles. The number of amides is 2. The van der Waals surface area contributed by atoms with E-state index in [1.54, 1.807) is 13.8 Å². The lowest BCUT2D eigenvalue weighted by molar-refractivity contribution is -0.142. The van der Waals surface area contributed by atoms with Crippen molar-refractivity contribution in [1.29, 1.82) is 0 Å². The molecule has 0 fully saturated rings. The molecule has 1 aliphatic heterocycles. The minimum absolute atomic E-state index is 0.152. The first-order valence-corrected chi connectivity index (χ1v) is 8.22. The van der Waals surface area contributed by atoms with Gasteiger partial charge in [0.2, 0.25) is 5.91 Å². The van der Waals surface area contributed by atoms with Crippen molar-refractivity contribution in [3.8, 4) is 0 Å². The van der Waals surface area contributed by atoms with Crippen molar-refractivity contribution in [3.05, 3.63) is 29.3 Å². The number of aliphatic carboxylic acids is 1. The van der Waals surface area contributed by atoms with E-state index in [9.17, 15) is 19.5 Å². The number of hydrazone groups is 1. The normalized spacial score (nSPS) is 15.8. The molecule has 7 nitrogen and oxygen atoms in total. The van der Waals surface area contributed by atoms with Gasteiger partial charge in [0.05, 0.1) is 5.69 Å². The van der Waals surface area contributed by atoms with Crippen molar-refractivity contribution in [3.63, 3.8) is 0 Å². The lowest BCUT2D eigenvalue weighted by atomic mass is 10.0. The molecule has 0 radical (unpaired) electrons. The summed E-state index contributed by atoms with van der Waals surface area (Å²) in [4.78, 5) is 35.9. The molecular formula is C18H23N3O4. The Balaban J connectivity index is 2.29. The highest BCUT2D eigenvalue weighted by Crippen LogP contribution is 2.25. The Morgan fingerprint density at radius 2 is 1.92 bits per heavy atom. The second kappa shape index (κ2) is 7.46. The van der Waals surface area contributed by atoms with Gasteiger partial charge in [-0.05, 0) is 37.0 Å². The Morgan fingerprint density at radius 1 is 1.24 bits per heavy atom. The summed E-state index contributed by atoms with van der Waals surface area (Å²) in [6.07, 6.45) is 0.343. The molecule has 0 saturated carbocycles. The van der Waals surface area contributed by atoms with Gasteiger partial charge in [-0.3, -0.25) is 9.59 Å². The van der Waals surface area contributed by atoms with Gasteiger partial charge < -0.3 is 10.4 Å². The molecule has 1 aliphatic rings. The number of aryl methyl sites for hydroxylation is 2. The van der Waals surface area contributed by atoms with Crippen molar-refractivity contribution in [2.24, 2.45) is 11.0 Å². The largest absolute Gasteiger partial charge is 0.480 e. The third kappa shape index (κ3) is 4.23. The van der Waals surface area contributed by atoms with E-state index >= 15 is 0 Å². The van der Waals surface area contributed by atoms with Crippen LogP contribution < -0.4 is 10.3 Å². The van der Waals surface area contributed by atoms with Gasteiger partial charge in [-0.15, -0.1) is 0 Å². The maximum Gasteiger partial charge on any atom is 0.326 e. The number of carbonyl (C=O) groups excluding carboxylic acids is 2. The van der Waals surface area contributed by atoms with Crippen LogP contribution in [-0.2, 0) is 14.4 Å². The summed E-state index contributed by atoms with van der Waals surface area (Å²) in [6, 6.07) is 4.67. The fourth-order valence-corrected chi connectivity index (χ4v) is 2.59. The van der Waals surface area contributed by atoms with Crippen LogP contribution in [0.3, 0.4) is 0 Å². The Labute approximate surface area is 146 Å². The van der Waals surface area contributed by atoms with Gasteiger partial charge >= 0.3 is 5.97 Å². The molecule has 0 bridgehead atoms. The maximum atomic E-state index is 12.4. The van der Waals surface area contributed by atoms with E-state index in [1.165, 1.54) is 5.01 Å². The SMILES string of the molecule is Cc1ccc(C)c(N2N=C(C(=O)NC(C(=O)O)C(C)C)CCC2=O)c1.